The Morgan fingerprint density at radius 2 is 2.05 bits per heavy atom. The van der Waals surface area contributed by atoms with Crippen molar-refractivity contribution < 1.29 is 14.7 Å². The van der Waals surface area contributed by atoms with E-state index in [1.165, 1.54) is 0 Å². The van der Waals surface area contributed by atoms with Gasteiger partial charge in [0.25, 0.3) is 0 Å². The van der Waals surface area contributed by atoms with E-state index in [1.807, 2.05) is 11.8 Å². The SMILES string of the molecule is CCCC(NC(=O)N1CCCCC1CCC)C(=O)O. The van der Waals surface area contributed by atoms with Gasteiger partial charge in [-0.2, -0.15) is 0 Å². The fraction of sp³-hybridized carbons (Fsp3) is 0.857. The molecule has 2 amide bonds. The number of hydrogen-bond acceptors (Lipinski definition) is 2. The average Bonchev–Trinajstić information content (AvgIpc) is 2.39. The Morgan fingerprint density at radius 1 is 1.32 bits per heavy atom. The van der Waals surface area contributed by atoms with Crippen molar-refractivity contribution in [2.45, 2.75) is 70.9 Å². The number of carbonyl (C=O) groups is 2. The standard InChI is InChI=1S/C14H26N2O3/c1-3-7-11-9-5-6-10-16(11)14(19)15-12(8-4-2)13(17)18/h11-12H,3-10H2,1-2H3,(H,15,19)(H,17,18). The van der Waals surface area contributed by atoms with Crippen LogP contribution in [0.15, 0.2) is 0 Å². The molecule has 2 atom stereocenters. The molecule has 1 aliphatic rings. The van der Waals surface area contributed by atoms with Gasteiger partial charge in [-0.3, -0.25) is 0 Å². The lowest BCUT2D eigenvalue weighted by molar-refractivity contribution is -0.139. The predicted molar refractivity (Wildman–Crippen MR) is 74.1 cm³/mol. The molecule has 0 aromatic carbocycles. The molecule has 5 heteroatoms. The first kappa shape index (κ1) is 15.8. The molecule has 2 N–H and O–H groups in total. The minimum absolute atomic E-state index is 0.209. The van der Waals surface area contributed by atoms with Crippen LogP contribution in [0.2, 0.25) is 0 Å². The maximum Gasteiger partial charge on any atom is 0.326 e. The first-order valence-corrected chi connectivity index (χ1v) is 7.40. The number of likely N-dealkylation sites (tertiary alicyclic amines) is 1. The highest BCUT2D eigenvalue weighted by Gasteiger charge is 2.28. The third-order valence-corrected chi connectivity index (χ3v) is 3.68. The number of amides is 2. The molecule has 0 aromatic heterocycles. The van der Waals surface area contributed by atoms with Crippen LogP contribution in [0.25, 0.3) is 0 Å². The molecule has 0 aromatic rings. The summed E-state index contributed by atoms with van der Waals surface area (Å²) in [5, 5.41) is 11.8. The minimum Gasteiger partial charge on any atom is -0.480 e. The number of aliphatic carboxylic acids is 1. The van der Waals surface area contributed by atoms with Crippen molar-refractivity contribution in [1.29, 1.82) is 0 Å². The Morgan fingerprint density at radius 3 is 2.63 bits per heavy atom. The lowest BCUT2D eigenvalue weighted by Crippen LogP contribution is -2.52. The Kier molecular flexibility index (Phi) is 6.67. The predicted octanol–water partition coefficient (Wildman–Crippen LogP) is 2.60. The Balaban J connectivity index is 2.60. The number of urea groups is 1. The number of nitrogens with zero attached hydrogens (tertiary/aromatic N) is 1. The second-order valence-electron chi connectivity index (χ2n) is 5.26. The van der Waals surface area contributed by atoms with Crippen LogP contribution in [0.3, 0.4) is 0 Å². The van der Waals surface area contributed by atoms with Crippen LogP contribution in [0.5, 0.6) is 0 Å². The molecule has 0 aliphatic carbocycles. The second-order valence-corrected chi connectivity index (χ2v) is 5.26. The van der Waals surface area contributed by atoms with Crippen LogP contribution in [0.1, 0.15) is 58.8 Å². The summed E-state index contributed by atoms with van der Waals surface area (Å²) in [7, 11) is 0. The quantitative estimate of drug-likeness (QED) is 0.779. The molecule has 2 unspecified atom stereocenters. The number of rotatable bonds is 6. The summed E-state index contributed by atoms with van der Waals surface area (Å²) in [6.07, 6.45) is 6.48. The van der Waals surface area contributed by atoms with Crippen LogP contribution in [-0.2, 0) is 4.79 Å². The van der Waals surface area contributed by atoms with E-state index in [4.69, 9.17) is 5.11 Å². The fourth-order valence-corrected chi connectivity index (χ4v) is 2.68. The first-order valence-electron chi connectivity index (χ1n) is 7.40. The van der Waals surface area contributed by atoms with Gasteiger partial charge in [0, 0.05) is 12.6 Å². The van der Waals surface area contributed by atoms with E-state index >= 15 is 0 Å². The van der Waals surface area contributed by atoms with Gasteiger partial charge in [0.1, 0.15) is 6.04 Å². The zero-order chi connectivity index (χ0) is 14.3. The van der Waals surface area contributed by atoms with Gasteiger partial charge in [-0.25, -0.2) is 9.59 Å². The monoisotopic (exact) mass is 270 g/mol. The van der Waals surface area contributed by atoms with E-state index < -0.39 is 12.0 Å². The summed E-state index contributed by atoms with van der Waals surface area (Å²) < 4.78 is 0. The van der Waals surface area contributed by atoms with E-state index in [2.05, 4.69) is 12.2 Å². The summed E-state index contributed by atoms with van der Waals surface area (Å²) in [4.78, 5) is 25.1. The number of piperidine rings is 1. The molecule has 0 spiro atoms. The van der Waals surface area contributed by atoms with Crippen molar-refractivity contribution in [2.24, 2.45) is 0 Å². The maximum atomic E-state index is 12.2. The Hall–Kier alpha value is -1.26. The van der Waals surface area contributed by atoms with Crippen molar-refractivity contribution in [3.8, 4) is 0 Å². The largest absolute Gasteiger partial charge is 0.480 e. The van der Waals surface area contributed by atoms with Gasteiger partial charge in [-0.15, -0.1) is 0 Å². The van der Waals surface area contributed by atoms with Gasteiger partial charge < -0.3 is 15.3 Å². The van der Waals surface area contributed by atoms with Gasteiger partial charge in [0.15, 0.2) is 0 Å². The molecular weight excluding hydrogens is 244 g/mol. The van der Waals surface area contributed by atoms with Crippen molar-refractivity contribution in [1.82, 2.24) is 10.2 Å². The average molecular weight is 270 g/mol. The lowest BCUT2D eigenvalue weighted by Gasteiger charge is -2.36. The van der Waals surface area contributed by atoms with E-state index in [-0.39, 0.29) is 12.1 Å². The summed E-state index contributed by atoms with van der Waals surface area (Å²) in [6, 6.07) is -0.699. The number of carbonyl (C=O) groups excluding carboxylic acids is 1. The molecule has 19 heavy (non-hydrogen) atoms. The van der Waals surface area contributed by atoms with Crippen molar-refractivity contribution in [3.05, 3.63) is 0 Å². The topological polar surface area (TPSA) is 69.6 Å². The number of hydrogen-bond donors (Lipinski definition) is 2. The molecule has 0 saturated carbocycles. The highest BCUT2D eigenvalue weighted by molar-refractivity contribution is 5.82. The van der Waals surface area contributed by atoms with E-state index in [9.17, 15) is 9.59 Å². The maximum absolute atomic E-state index is 12.2. The molecule has 5 nitrogen and oxygen atoms in total. The highest BCUT2D eigenvalue weighted by atomic mass is 16.4. The fourth-order valence-electron chi connectivity index (χ4n) is 2.68. The molecule has 1 saturated heterocycles. The molecule has 0 bridgehead atoms. The van der Waals surface area contributed by atoms with Gasteiger partial charge >= 0.3 is 12.0 Å². The van der Waals surface area contributed by atoms with Crippen LogP contribution in [-0.4, -0.2) is 40.6 Å². The van der Waals surface area contributed by atoms with Crippen molar-refractivity contribution in [2.75, 3.05) is 6.54 Å². The summed E-state index contributed by atoms with van der Waals surface area (Å²) >= 11 is 0. The van der Waals surface area contributed by atoms with Crippen LogP contribution in [0.4, 0.5) is 4.79 Å². The van der Waals surface area contributed by atoms with E-state index in [0.29, 0.717) is 6.42 Å². The molecule has 1 fully saturated rings. The number of carboxylic acid groups (broad SMARTS) is 1. The molecule has 1 heterocycles. The summed E-state index contributed by atoms with van der Waals surface area (Å²) in [6.45, 7) is 4.78. The van der Waals surface area contributed by atoms with Crippen LogP contribution < -0.4 is 5.32 Å². The molecule has 110 valence electrons. The molecule has 0 radical (unpaired) electrons. The van der Waals surface area contributed by atoms with Gasteiger partial charge in [-0.05, 0) is 32.1 Å². The summed E-state index contributed by atoms with van der Waals surface area (Å²) in [5.41, 5.74) is 0. The zero-order valence-corrected chi connectivity index (χ0v) is 12.0. The summed E-state index contributed by atoms with van der Waals surface area (Å²) in [5.74, 6) is -0.945. The van der Waals surface area contributed by atoms with E-state index in [0.717, 1.165) is 45.1 Å². The van der Waals surface area contributed by atoms with Gasteiger partial charge in [0.05, 0.1) is 0 Å². The third-order valence-electron chi connectivity index (χ3n) is 3.68. The van der Waals surface area contributed by atoms with Crippen LogP contribution >= 0.6 is 0 Å². The van der Waals surface area contributed by atoms with Gasteiger partial charge in [-0.1, -0.05) is 26.7 Å². The Bertz CT molecular complexity index is 305. The van der Waals surface area contributed by atoms with Crippen molar-refractivity contribution in [3.63, 3.8) is 0 Å². The van der Waals surface area contributed by atoms with E-state index in [1.54, 1.807) is 0 Å². The smallest absolute Gasteiger partial charge is 0.326 e. The second kappa shape index (κ2) is 8.02. The third kappa shape index (κ3) is 4.73. The van der Waals surface area contributed by atoms with Crippen LogP contribution in [0, 0.1) is 0 Å². The lowest BCUT2D eigenvalue weighted by atomic mass is 9.98. The van der Waals surface area contributed by atoms with Gasteiger partial charge in [0.2, 0.25) is 0 Å². The zero-order valence-electron chi connectivity index (χ0n) is 12.0. The molecule has 1 rings (SSSR count). The molecule has 1 aliphatic heterocycles. The van der Waals surface area contributed by atoms with Crippen molar-refractivity contribution >= 4 is 12.0 Å². The minimum atomic E-state index is -0.945. The highest BCUT2D eigenvalue weighted by Crippen LogP contribution is 2.21. The molecular formula is C14H26N2O3. The first-order chi connectivity index (χ1) is 9.10. The normalized spacial score (nSPS) is 20.9. The number of nitrogens with one attached hydrogen (secondary N) is 1. The Labute approximate surface area is 115 Å². The number of carboxylic acids is 1.